The summed E-state index contributed by atoms with van der Waals surface area (Å²) in [6.07, 6.45) is 34.6. The number of carbonyl (C=O) groups excluding carboxylic acids is 2. The summed E-state index contributed by atoms with van der Waals surface area (Å²) < 4.78 is 7.75. The van der Waals surface area contributed by atoms with E-state index < -0.39 is 0 Å². The molecule has 8 rings (SSSR count). The second-order valence-electron chi connectivity index (χ2n) is 25.3. The summed E-state index contributed by atoms with van der Waals surface area (Å²) in [7, 11) is 0. The van der Waals surface area contributed by atoms with Crippen molar-refractivity contribution in [1.82, 2.24) is 10.6 Å². The van der Waals surface area contributed by atoms with Crippen LogP contribution < -0.4 is 10.6 Å². The molecule has 368 valence electrons. The van der Waals surface area contributed by atoms with Crippen molar-refractivity contribution in [3.63, 3.8) is 0 Å². The lowest BCUT2D eigenvalue weighted by molar-refractivity contribution is -0.121. The number of hydrogen-bond donors (Lipinski definition) is 4. The van der Waals surface area contributed by atoms with Gasteiger partial charge in [0.25, 0.3) is 0 Å². The molecule has 0 aliphatic heterocycles. The highest BCUT2D eigenvalue weighted by molar-refractivity contribution is 5.73. The van der Waals surface area contributed by atoms with E-state index in [9.17, 15) is 19.8 Å². The van der Waals surface area contributed by atoms with Crippen LogP contribution in [0.5, 0.6) is 0 Å². The van der Waals surface area contributed by atoms with Crippen LogP contribution in [0.2, 0.25) is 0 Å². The third-order valence-electron chi connectivity index (χ3n) is 22.2. The number of hydrogen-bond acceptors (Lipinski definition) is 5. The number of rotatable bonds is 18. The van der Waals surface area contributed by atoms with Crippen LogP contribution in [0.1, 0.15) is 209 Å². The molecular formula is C58H96N2O5. The van der Waals surface area contributed by atoms with Crippen LogP contribution in [0.15, 0.2) is 23.3 Å². The van der Waals surface area contributed by atoms with Gasteiger partial charge in [0.1, 0.15) is 0 Å². The Hall–Kier alpha value is -1.70. The number of fused-ring (bicyclic) bond motifs is 10. The fraction of sp³-hybridized carbons (Fsp3) is 0.897. The molecule has 65 heavy (non-hydrogen) atoms. The van der Waals surface area contributed by atoms with E-state index in [1.165, 1.54) is 103 Å². The number of amides is 2. The maximum atomic E-state index is 12.1. The number of carbonyl (C=O) groups is 2. The number of unbranched alkanes of at least 4 members (excludes halogenated alkanes) is 4. The fourth-order valence-corrected chi connectivity index (χ4v) is 18.9. The molecule has 0 bridgehead atoms. The van der Waals surface area contributed by atoms with E-state index in [1.807, 2.05) is 0 Å². The third kappa shape index (κ3) is 9.51. The Labute approximate surface area is 396 Å². The summed E-state index contributed by atoms with van der Waals surface area (Å²) in [5.41, 5.74) is 4.71. The average Bonchev–Trinajstić information content (AvgIpc) is 3.81. The molecule has 4 N–H and O–H groups in total. The van der Waals surface area contributed by atoms with Crippen LogP contribution in [-0.2, 0) is 14.3 Å². The normalized spacial score (nSPS) is 42.6. The van der Waals surface area contributed by atoms with Gasteiger partial charge in [-0.2, -0.15) is 0 Å². The lowest BCUT2D eigenvalue weighted by Crippen LogP contribution is -2.53. The van der Waals surface area contributed by atoms with Gasteiger partial charge < -0.3 is 25.6 Å². The van der Waals surface area contributed by atoms with Gasteiger partial charge in [0, 0.05) is 39.1 Å². The molecule has 8 aliphatic rings. The Kier molecular flexibility index (Phi) is 15.6. The molecule has 18 atom stereocenters. The first-order valence-electron chi connectivity index (χ1n) is 27.9. The first-order valence-corrected chi connectivity index (χ1v) is 27.9. The SMILES string of the molecule is CC(=O)N[C@@H](C)[C@H]1CCC2C3CC=C4C[C@@H](C(CCCCCO)OC(CCCCCO)[C@H]5CC[C@@]6(C)C(=CCC7C6CC[C@@]6(C)C7CC[C@@H]6[C@H](C)NC(C)=O)C5)CC[C@]4(C)C3CC[C@@]21C. The van der Waals surface area contributed by atoms with Crippen molar-refractivity contribution in [2.45, 2.75) is 234 Å². The fourth-order valence-electron chi connectivity index (χ4n) is 18.9. The molecule has 0 aromatic carbocycles. The Bertz CT molecular complexity index is 1600. The van der Waals surface area contributed by atoms with Gasteiger partial charge in [-0.05, 0) is 223 Å². The first kappa shape index (κ1) is 49.7. The van der Waals surface area contributed by atoms with Gasteiger partial charge in [-0.15, -0.1) is 0 Å². The van der Waals surface area contributed by atoms with Gasteiger partial charge in [-0.25, -0.2) is 0 Å². The molecule has 0 saturated heterocycles. The Morgan fingerprint density at radius 3 is 1.38 bits per heavy atom. The number of aliphatic hydroxyl groups is 2. The average molecular weight is 901 g/mol. The molecule has 8 unspecified atom stereocenters. The Morgan fingerprint density at radius 2 is 1.00 bits per heavy atom. The van der Waals surface area contributed by atoms with Crippen LogP contribution in [0.3, 0.4) is 0 Å². The molecule has 0 radical (unpaired) electrons. The van der Waals surface area contributed by atoms with Gasteiger partial charge in [0.05, 0.1) is 12.2 Å². The van der Waals surface area contributed by atoms with Gasteiger partial charge in [-0.1, -0.05) is 76.7 Å². The zero-order valence-corrected chi connectivity index (χ0v) is 42.7. The number of allylic oxidation sites excluding steroid dienone is 4. The molecule has 0 aromatic heterocycles. The molecule has 0 heterocycles. The Balaban J connectivity index is 0.977. The summed E-state index contributed by atoms with van der Waals surface area (Å²) >= 11 is 0. The summed E-state index contributed by atoms with van der Waals surface area (Å²) in [5, 5.41) is 26.1. The standard InChI is InChI=1S/C58H96N2O5/c1-37(59-39(3)63)47-21-23-49-45-19-17-43-35-41(25-29-55(43,5)51(45)27-31-57(47,49)7)53(15-11-9-13-33-61)65-54(16-12-10-14-34-62)42-26-30-56(6)44(36-42)18-20-46-50-24-22-48(38(2)60-40(4)64)58(50,8)32-28-52(46)56/h17-18,37-38,41-42,45-54,61-62H,9-16,19-36H2,1-8H3,(H,59,63)(H,60,64)/t37-,38-,41-,42-,45?,46?,47+,48+,49?,50?,51?,52?,53?,54?,55-,56-,57+,58+/m0/s1. The number of aliphatic hydroxyl groups excluding tert-OH is 2. The van der Waals surface area contributed by atoms with Crippen LogP contribution in [-0.4, -0.2) is 59.5 Å². The van der Waals surface area contributed by atoms with Crippen LogP contribution in [0.25, 0.3) is 0 Å². The van der Waals surface area contributed by atoms with Crippen molar-refractivity contribution in [3.8, 4) is 0 Å². The van der Waals surface area contributed by atoms with Gasteiger partial charge in [-0.3, -0.25) is 9.59 Å². The summed E-state index contributed by atoms with van der Waals surface area (Å²) in [6, 6.07) is 0.498. The summed E-state index contributed by atoms with van der Waals surface area (Å²) in [6.45, 7) is 18.9. The van der Waals surface area contributed by atoms with Gasteiger partial charge in [0.2, 0.25) is 11.8 Å². The molecule has 0 aromatic rings. The number of ether oxygens (including phenoxy) is 1. The highest BCUT2D eigenvalue weighted by atomic mass is 16.5. The maximum absolute atomic E-state index is 12.1. The predicted octanol–water partition coefficient (Wildman–Crippen LogP) is 12.3. The smallest absolute Gasteiger partial charge is 0.217 e. The minimum atomic E-state index is 0.111. The molecule has 7 heteroatoms. The molecule has 0 spiro atoms. The topological polar surface area (TPSA) is 108 Å². The first-order chi connectivity index (χ1) is 31.1. The summed E-state index contributed by atoms with van der Waals surface area (Å²) in [5.74, 6) is 7.02. The maximum Gasteiger partial charge on any atom is 0.217 e. The predicted molar refractivity (Wildman–Crippen MR) is 264 cm³/mol. The third-order valence-corrected chi connectivity index (χ3v) is 22.2. The van der Waals surface area contributed by atoms with Crippen LogP contribution in [0.4, 0.5) is 0 Å². The lowest BCUT2D eigenvalue weighted by Gasteiger charge is -2.59. The zero-order chi connectivity index (χ0) is 46.3. The van der Waals surface area contributed by atoms with E-state index >= 15 is 0 Å². The second-order valence-corrected chi connectivity index (χ2v) is 25.3. The van der Waals surface area contributed by atoms with Gasteiger partial charge >= 0.3 is 0 Å². The highest BCUT2D eigenvalue weighted by Crippen LogP contribution is 2.69. The van der Waals surface area contributed by atoms with E-state index in [-0.39, 0.29) is 60.1 Å². The summed E-state index contributed by atoms with van der Waals surface area (Å²) in [4.78, 5) is 24.2. The second kappa shape index (κ2) is 20.3. The van der Waals surface area contributed by atoms with Crippen LogP contribution in [0, 0.1) is 80.8 Å². The van der Waals surface area contributed by atoms with Gasteiger partial charge in [0.15, 0.2) is 0 Å². The molecule has 8 aliphatic carbocycles. The minimum absolute atomic E-state index is 0.111. The van der Waals surface area contributed by atoms with Crippen molar-refractivity contribution in [1.29, 1.82) is 0 Å². The molecule has 6 saturated carbocycles. The van der Waals surface area contributed by atoms with Crippen molar-refractivity contribution in [2.24, 2.45) is 80.8 Å². The van der Waals surface area contributed by atoms with Crippen LogP contribution >= 0.6 is 0 Å². The molecular weight excluding hydrogens is 805 g/mol. The van der Waals surface area contributed by atoms with E-state index in [0.29, 0.717) is 34.5 Å². The minimum Gasteiger partial charge on any atom is -0.396 e. The van der Waals surface area contributed by atoms with Crippen molar-refractivity contribution in [2.75, 3.05) is 13.2 Å². The quantitative estimate of drug-likeness (QED) is 0.0810. The molecule has 6 fully saturated rings. The number of nitrogens with one attached hydrogen (secondary N) is 2. The Morgan fingerprint density at radius 1 is 0.585 bits per heavy atom. The van der Waals surface area contributed by atoms with E-state index in [0.717, 1.165) is 86.9 Å². The highest BCUT2D eigenvalue weighted by Gasteiger charge is 2.61. The van der Waals surface area contributed by atoms with Crippen molar-refractivity contribution in [3.05, 3.63) is 23.3 Å². The van der Waals surface area contributed by atoms with E-state index in [1.54, 1.807) is 25.0 Å². The molecule has 7 nitrogen and oxygen atoms in total. The largest absolute Gasteiger partial charge is 0.396 e. The van der Waals surface area contributed by atoms with Crippen molar-refractivity contribution >= 4 is 11.8 Å². The molecule has 2 amide bonds. The van der Waals surface area contributed by atoms with E-state index in [4.69, 9.17) is 4.74 Å². The van der Waals surface area contributed by atoms with Crippen molar-refractivity contribution < 1.29 is 24.5 Å². The monoisotopic (exact) mass is 901 g/mol. The van der Waals surface area contributed by atoms with E-state index in [2.05, 4.69) is 64.3 Å². The zero-order valence-electron chi connectivity index (χ0n) is 42.7. The lowest BCUT2D eigenvalue weighted by atomic mass is 9.46.